The van der Waals surface area contributed by atoms with Crippen LogP contribution in [0.15, 0.2) is 0 Å². The Balaban J connectivity index is 1.72. The van der Waals surface area contributed by atoms with Crippen LogP contribution in [0, 0.1) is 11.3 Å². The van der Waals surface area contributed by atoms with Gasteiger partial charge in [-0.25, -0.2) is 4.79 Å². The molecule has 2 aliphatic rings. The van der Waals surface area contributed by atoms with Crippen molar-refractivity contribution in [2.75, 3.05) is 20.1 Å². The van der Waals surface area contributed by atoms with Crippen LogP contribution in [0.4, 0.5) is 4.79 Å². The van der Waals surface area contributed by atoms with Gasteiger partial charge in [-0.05, 0) is 31.6 Å². The van der Waals surface area contributed by atoms with Crippen molar-refractivity contribution in [2.24, 2.45) is 11.3 Å². The highest BCUT2D eigenvalue weighted by molar-refractivity contribution is 5.80. The topological polar surface area (TPSA) is 69.6 Å². The second-order valence-corrected chi connectivity index (χ2v) is 5.07. The van der Waals surface area contributed by atoms with E-state index in [2.05, 4.69) is 5.32 Å². The van der Waals surface area contributed by atoms with E-state index in [-0.39, 0.29) is 12.6 Å². The molecule has 0 atom stereocenters. The summed E-state index contributed by atoms with van der Waals surface area (Å²) in [5.41, 5.74) is -0.671. The smallest absolute Gasteiger partial charge is 0.317 e. The summed E-state index contributed by atoms with van der Waals surface area (Å²) < 4.78 is 0. The van der Waals surface area contributed by atoms with Crippen molar-refractivity contribution in [3.8, 4) is 0 Å². The van der Waals surface area contributed by atoms with Gasteiger partial charge < -0.3 is 15.3 Å². The molecule has 0 unspecified atom stereocenters. The van der Waals surface area contributed by atoms with Gasteiger partial charge in [-0.3, -0.25) is 4.79 Å². The Morgan fingerprint density at radius 3 is 2.50 bits per heavy atom. The summed E-state index contributed by atoms with van der Waals surface area (Å²) in [6.45, 7) is 1.04. The number of hydrogen-bond acceptors (Lipinski definition) is 2. The molecule has 2 aliphatic carbocycles. The van der Waals surface area contributed by atoms with Gasteiger partial charge in [-0.1, -0.05) is 0 Å². The van der Waals surface area contributed by atoms with Crippen LogP contribution in [0.25, 0.3) is 0 Å². The summed E-state index contributed by atoms with van der Waals surface area (Å²) in [6, 6.07) is -0.153. The van der Waals surface area contributed by atoms with E-state index < -0.39 is 11.4 Å². The van der Waals surface area contributed by atoms with Crippen molar-refractivity contribution in [1.82, 2.24) is 10.2 Å². The summed E-state index contributed by atoms with van der Waals surface area (Å²) >= 11 is 0. The van der Waals surface area contributed by atoms with E-state index in [0.717, 1.165) is 6.54 Å². The Hall–Kier alpha value is -1.26. The van der Waals surface area contributed by atoms with E-state index in [1.807, 2.05) is 0 Å². The van der Waals surface area contributed by atoms with E-state index in [4.69, 9.17) is 5.11 Å². The minimum absolute atomic E-state index is 0.153. The van der Waals surface area contributed by atoms with Crippen LogP contribution in [0.3, 0.4) is 0 Å². The highest BCUT2D eigenvalue weighted by Gasteiger charge is 2.50. The number of hydrogen-bond donors (Lipinski definition) is 2. The average molecular weight is 226 g/mol. The highest BCUT2D eigenvalue weighted by Crippen LogP contribution is 2.45. The fourth-order valence-electron chi connectivity index (χ4n) is 1.77. The molecule has 0 heterocycles. The first-order valence-corrected chi connectivity index (χ1v) is 5.76. The fourth-order valence-corrected chi connectivity index (χ4v) is 1.77. The standard InChI is InChI=1S/C11H18N2O3/c1-13(6-8-2-3-8)10(16)12-7-11(4-5-11)9(14)15/h8H,2-7H2,1H3,(H,12,16)(H,14,15). The van der Waals surface area contributed by atoms with Crippen molar-refractivity contribution >= 4 is 12.0 Å². The van der Waals surface area contributed by atoms with Crippen molar-refractivity contribution in [3.05, 3.63) is 0 Å². The number of aliphatic carboxylic acids is 1. The van der Waals surface area contributed by atoms with Crippen LogP contribution in [0.5, 0.6) is 0 Å². The largest absolute Gasteiger partial charge is 0.481 e. The number of nitrogens with zero attached hydrogens (tertiary/aromatic N) is 1. The lowest BCUT2D eigenvalue weighted by atomic mass is 10.1. The predicted molar refractivity (Wildman–Crippen MR) is 58.1 cm³/mol. The van der Waals surface area contributed by atoms with Gasteiger partial charge in [0.2, 0.25) is 0 Å². The van der Waals surface area contributed by atoms with Crippen molar-refractivity contribution in [1.29, 1.82) is 0 Å². The van der Waals surface area contributed by atoms with Gasteiger partial charge in [-0.15, -0.1) is 0 Å². The third-order valence-electron chi connectivity index (χ3n) is 3.46. The zero-order valence-corrected chi connectivity index (χ0v) is 9.53. The molecule has 90 valence electrons. The molecule has 0 saturated heterocycles. The van der Waals surface area contributed by atoms with Crippen molar-refractivity contribution < 1.29 is 14.7 Å². The van der Waals surface area contributed by atoms with Gasteiger partial charge in [-0.2, -0.15) is 0 Å². The molecule has 0 aromatic rings. The van der Waals surface area contributed by atoms with Gasteiger partial charge in [0, 0.05) is 20.1 Å². The Labute approximate surface area is 94.8 Å². The lowest BCUT2D eigenvalue weighted by Crippen LogP contribution is -2.42. The normalized spacial score (nSPS) is 21.3. The Bertz CT molecular complexity index is 308. The Morgan fingerprint density at radius 1 is 1.44 bits per heavy atom. The van der Waals surface area contributed by atoms with Crippen LogP contribution in [0.2, 0.25) is 0 Å². The molecule has 0 aromatic carbocycles. The first-order valence-electron chi connectivity index (χ1n) is 5.76. The number of carbonyl (C=O) groups excluding carboxylic acids is 1. The third kappa shape index (κ3) is 2.46. The van der Waals surface area contributed by atoms with E-state index >= 15 is 0 Å². The van der Waals surface area contributed by atoms with Crippen LogP contribution in [-0.4, -0.2) is 42.1 Å². The van der Waals surface area contributed by atoms with Crippen LogP contribution in [0.1, 0.15) is 25.7 Å². The van der Waals surface area contributed by atoms with Gasteiger partial charge in [0.25, 0.3) is 0 Å². The van der Waals surface area contributed by atoms with E-state index in [9.17, 15) is 9.59 Å². The second-order valence-electron chi connectivity index (χ2n) is 5.07. The minimum Gasteiger partial charge on any atom is -0.481 e. The van der Waals surface area contributed by atoms with Gasteiger partial charge in [0.1, 0.15) is 0 Å². The predicted octanol–water partition coefficient (Wildman–Crippen LogP) is 0.903. The van der Waals surface area contributed by atoms with E-state index in [0.29, 0.717) is 18.8 Å². The lowest BCUT2D eigenvalue weighted by Gasteiger charge is -2.19. The molecule has 2 N–H and O–H groups in total. The molecule has 2 saturated carbocycles. The van der Waals surface area contributed by atoms with Crippen molar-refractivity contribution in [3.63, 3.8) is 0 Å². The number of amides is 2. The molecule has 0 spiro atoms. The molecular weight excluding hydrogens is 208 g/mol. The number of urea groups is 1. The lowest BCUT2D eigenvalue weighted by molar-refractivity contribution is -0.143. The van der Waals surface area contributed by atoms with E-state index in [1.165, 1.54) is 12.8 Å². The number of carboxylic acid groups (broad SMARTS) is 1. The molecular formula is C11H18N2O3. The summed E-state index contributed by atoms with van der Waals surface area (Å²) in [5, 5.41) is 11.7. The molecule has 5 nitrogen and oxygen atoms in total. The van der Waals surface area contributed by atoms with Crippen LogP contribution >= 0.6 is 0 Å². The monoisotopic (exact) mass is 226 g/mol. The number of rotatable bonds is 5. The number of nitrogens with one attached hydrogen (secondary N) is 1. The quantitative estimate of drug-likeness (QED) is 0.731. The van der Waals surface area contributed by atoms with Gasteiger partial charge in [0.15, 0.2) is 0 Å². The highest BCUT2D eigenvalue weighted by atomic mass is 16.4. The SMILES string of the molecule is CN(CC1CC1)C(=O)NCC1(C(=O)O)CC1. The van der Waals surface area contributed by atoms with Crippen molar-refractivity contribution in [2.45, 2.75) is 25.7 Å². The zero-order valence-electron chi connectivity index (χ0n) is 9.53. The molecule has 0 radical (unpaired) electrons. The van der Waals surface area contributed by atoms with Gasteiger partial charge in [0.05, 0.1) is 5.41 Å². The summed E-state index contributed by atoms with van der Waals surface area (Å²) in [7, 11) is 1.76. The zero-order chi connectivity index (χ0) is 11.8. The third-order valence-corrected chi connectivity index (χ3v) is 3.46. The Morgan fingerprint density at radius 2 is 2.06 bits per heavy atom. The molecule has 0 bridgehead atoms. The minimum atomic E-state index is -0.794. The first-order chi connectivity index (χ1) is 7.53. The molecule has 2 rings (SSSR count). The first kappa shape index (κ1) is 11.2. The molecule has 2 fully saturated rings. The maximum Gasteiger partial charge on any atom is 0.317 e. The molecule has 0 aliphatic heterocycles. The molecule has 16 heavy (non-hydrogen) atoms. The number of carboxylic acids is 1. The molecule has 2 amide bonds. The summed E-state index contributed by atoms with van der Waals surface area (Å²) in [5.74, 6) is -0.136. The van der Waals surface area contributed by atoms with E-state index in [1.54, 1.807) is 11.9 Å². The maximum atomic E-state index is 11.6. The Kier molecular flexibility index (Phi) is 2.78. The summed E-state index contributed by atoms with van der Waals surface area (Å²) in [4.78, 5) is 24.2. The van der Waals surface area contributed by atoms with Gasteiger partial charge >= 0.3 is 12.0 Å². The number of carbonyl (C=O) groups is 2. The molecule has 5 heteroatoms. The molecule has 0 aromatic heterocycles. The van der Waals surface area contributed by atoms with Crippen LogP contribution in [-0.2, 0) is 4.79 Å². The second kappa shape index (κ2) is 3.96. The fraction of sp³-hybridized carbons (Fsp3) is 0.818. The maximum absolute atomic E-state index is 11.6. The summed E-state index contributed by atoms with van der Waals surface area (Å²) in [6.07, 6.45) is 3.76. The average Bonchev–Trinajstić information content (AvgIpc) is 3.08. The van der Waals surface area contributed by atoms with Crippen LogP contribution < -0.4 is 5.32 Å².